The highest BCUT2D eigenvalue weighted by Gasteiger charge is 2.11. The second-order valence-electron chi connectivity index (χ2n) is 3.27. The number of nitrogens with one attached hydrogen (secondary N) is 1. The second kappa shape index (κ2) is 4.17. The van der Waals surface area contributed by atoms with Crippen LogP contribution < -0.4 is 11.1 Å². The third-order valence-electron chi connectivity index (χ3n) is 2.26. The third-order valence-corrected chi connectivity index (χ3v) is 2.81. The van der Waals surface area contributed by atoms with Gasteiger partial charge in [0.1, 0.15) is 0 Å². The van der Waals surface area contributed by atoms with Crippen LogP contribution in [0.5, 0.6) is 0 Å². The minimum atomic E-state index is 0.623. The maximum atomic E-state index is 6.10. The van der Waals surface area contributed by atoms with E-state index < -0.39 is 0 Å². The molecular formula is C11H10Cl2N2. The topological polar surface area (TPSA) is 38.0 Å². The molecule has 1 aliphatic heterocycles. The smallest absolute Gasteiger partial charge is 0.0497 e. The van der Waals surface area contributed by atoms with Crippen molar-refractivity contribution in [3.05, 3.63) is 51.8 Å². The molecule has 78 valence electrons. The van der Waals surface area contributed by atoms with Crippen LogP contribution in [0, 0.1) is 0 Å². The molecule has 2 nitrogen and oxygen atoms in total. The fraction of sp³-hybridized carbons (Fsp3) is 0.0909. The van der Waals surface area contributed by atoms with Crippen LogP contribution in [0.25, 0.3) is 5.57 Å². The number of halogens is 2. The van der Waals surface area contributed by atoms with Crippen molar-refractivity contribution >= 4 is 28.8 Å². The largest absolute Gasteiger partial charge is 0.398 e. The lowest BCUT2D eigenvalue weighted by Gasteiger charge is -2.15. The highest BCUT2D eigenvalue weighted by Crippen LogP contribution is 2.28. The van der Waals surface area contributed by atoms with Gasteiger partial charge in [0.15, 0.2) is 0 Å². The molecule has 0 amide bonds. The van der Waals surface area contributed by atoms with Crippen molar-refractivity contribution in [2.24, 2.45) is 5.73 Å². The Morgan fingerprint density at radius 3 is 2.73 bits per heavy atom. The van der Waals surface area contributed by atoms with Gasteiger partial charge in [-0.15, -0.1) is 0 Å². The minimum Gasteiger partial charge on any atom is -0.398 e. The van der Waals surface area contributed by atoms with Gasteiger partial charge >= 0.3 is 0 Å². The van der Waals surface area contributed by atoms with Crippen LogP contribution in [-0.2, 0) is 0 Å². The van der Waals surface area contributed by atoms with Crippen molar-refractivity contribution in [2.75, 3.05) is 6.54 Å². The highest BCUT2D eigenvalue weighted by atomic mass is 35.5. The Morgan fingerprint density at radius 2 is 2.07 bits per heavy atom. The van der Waals surface area contributed by atoms with Crippen molar-refractivity contribution in [2.45, 2.75) is 0 Å². The fourth-order valence-corrected chi connectivity index (χ4v) is 2.02. The van der Waals surface area contributed by atoms with E-state index in [9.17, 15) is 0 Å². The molecular weight excluding hydrogens is 231 g/mol. The lowest BCUT2D eigenvalue weighted by atomic mass is 10.0. The Kier molecular flexibility index (Phi) is 2.89. The minimum absolute atomic E-state index is 0.623. The van der Waals surface area contributed by atoms with E-state index in [2.05, 4.69) is 5.32 Å². The van der Waals surface area contributed by atoms with Crippen LogP contribution in [0.4, 0.5) is 0 Å². The summed E-state index contributed by atoms with van der Waals surface area (Å²) in [6.07, 6.45) is 3.65. The van der Waals surface area contributed by atoms with Gasteiger partial charge in [-0.25, -0.2) is 0 Å². The summed E-state index contributed by atoms with van der Waals surface area (Å²) in [7, 11) is 0. The molecule has 0 saturated heterocycles. The quantitative estimate of drug-likeness (QED) is 0.793. The van der Waals surface area contributed by atoms with Gasteiger partial charge in [0.25, 0.3) is 0 Å². The average Bonchev–Trinajstić information content (AvgIpc) is 2.20. The van der Waals surface area contributed by atoms with Crippen LogP contribution in [0.1, 0.15) is 5.56 Å². The Morgan fingerprint density at radius 1 is 1.27 bits per heavy atom. The van der Waals surface area contributed by atoms with E-state index in [4.69, 9.17) is 28.9 Å². The summed E-state index contributed by atoms with van der Waals surface area (Å²) in [6.45, 7) is 0.684. The number of allylic oxidation sites excluding steroid dienone is 1. The predicted molar refractivity (Wildman–Crippen MR) is 64.7 cm³/mol. The summed E-state index contributed by atoms with van der Waals surface area (Å²) in [5.74, 6) is 0. The molecule has 0 spiro atoms. The molecule has 2 rings (SSSR count). The zero-order valence-electron chi connectivity index (χ0n) is 7.93. The molecule has 0 unspecified atom stereocenters. The third kappa shape index (κ3) is 2.11. The van der Waals surface area contributed by atoms with Crippen molar-refractivity contribution in [3.8, 4) is 0 Å². The lowest BCUT2D eigenvalue weighted by molar-refractivity contribution is 0.970. The normalized spacial score (nSPS) is 15.3. The standard InChI is InChI=1S/C11H10Cl2N2/c12-7-1-2-8(10(13)5-7)9-6-15-4-3-11(9)14/h1-5,15H,6,14H2. The molecule has 0 bridgehead atoms. The number of hydrogen-bond acceptors (Lipinski definition) is 2. The van der Waals surface area contributed by atoms with Gasteiger partial charge in [-0.3, -0.25) is 0 Å². The van der Waals surface area contributed by atoms with E-state index >= 15 is 0 Å². The number of benzene rings is 1. The summed E-state index contributed by atoms with van der Waals surface area (Å²) in [6, 6.07) is 5.41. The molecule has 0 aromatic heterocycles. The van der Waals surface area contributed by atoms with Crippen LogP contribution >= 0.6 is 23.2 Å². The first-order chi connectivity index (χ1) is 7.18. The second-order valence-corrected chi connectivity index (χ2v) is 4.12. The zero-order chi connectivity index (χ0) is 10.8. The summed E-state index contributed by atoms with van der Waals surface area (Å²) in [5, 5.41) is 4.35. The van der Waals surface area contributed by atoms with Gasteiger partial charge in [-0.05, 0) is 24.4 Å². The maximum Gasteiger partial charge on any atom is 0.0497 e. The van der Waals surface area contributed by atoms with Crippen LogP contribution in [0.3, 0.4) is 0 Å². The Labute approximate surface area is 98.4 Å². The van der Waals surface area contributed by atoms with Crippen LogP contribution in [0.2, 0.25) is 10.0 Å². The van der Waals surface area contributed by atoms with Gasteiger partial charge < -0.3 is 11.1 Å². The number of nitrogens with two attached hydrogens (primary N) is 1. The summed E-state index contributed by atoms with van der Waals surface area (Å²) in [4.78, 5) is 0. The van der Waals surface area contributed by atoms with Crippen molar-refractivity contribution in [1.82, 2.24) is 5.32 Å². The molecule has 4 heteroatoms. The van der Waals surface area contributed by atoms with Crippen molar-refractivity contribution in [3.63, 3.8) is 0 Å². The monoisotopic (exact) mass is 240 g/mol. The van der Waals surface area contributed by atoms with Crippen molar-refractivity contribution in [1.29, 1.82) is 0 Å². The molecule has 0 atom stereocenters. The molecule has 1 aromatic rings. The highest BCUT2D eigenvalue weighted by molar-refractivity contribution is 6.35. The first-order valence-corrected chi connectivity index (χ1v) is 5.28. The van der Waals surface area contributed by atoms with Crippen LogP contribution in [-0.4, -0.2) is 6.54 Å². The van der Waals surface area contributed by atoms with Gasteiger partial charge in [-0.1, -0.05) is 29.3 Å². The van der Waals surface area contributed by atoms with E-state index in [0.717, 1.165) is 16.8 Å². The van der Waals surface area contributed by atoms with E-state index in [1.165, 1.54) is 0 Å². The SMILES string of the molecule is NC1=C(c2ccc(Cl)cc2Cl)CNC=C1. The number of hydrogen-bond donors (Lipinski definition) is 2. The molecule has 3 N–H and O–H groups in total. The summed E-state index contributed by atoms with van der Waals surface area (Å²) in [5.41, 5.74) is 8.54. The molecule has 0 aliphatic carbocycles. The van der Waals surface area contributed by atoms with Gasteiger partial charge in [0.2, 0.25) is 0 Å². The number of dihydropyridines is 1. The average molecular weight is 241 g/mol. The van der Waals surface area contributed by atoms with Gasteiger partial charge in [0, 0.05) is 33.4 Å². The first kappa shape index (κ1) is 10.4. The zero-order valence-corrected chi connectivity index (χ0v) is 9.44. The van der Waals surface area contributed by atoms with Crippen molar-refractivity contribution < 1.29 is 0 Å². The van der Waals surface area contributed by atoms with E-state index in [1.54, 1.807) is 12.1 Å². The Balaban J connectivity index is 2.49. The predicted octanol–water partition coefficient (Wildman–Crippen LogP) is 2.78. The molecule has 1 aliphatic rings. The van der Waals surface area contributed by atoms with E-state index in [1.807, 2.05) is 18.3 Å². The van der Waals surface area contributed by atoms with Gasteiger partial charge in [-0.2, -0.15) is 0 Å². The summed E-state index contributed by atoms with van der Waals surface area (Å²) < 4.78 is 0. The molecule has 15 heavy (non-hydrogen) atoms. The Hall–Kier alpha value is -1.12. The summed E-state index contributed by atoms with van der Waals surface area (Å²) >= 11 is 11.9. The maximum absolute atomic E-state index is 6.10. The fourth-order valence-electron chi connectivity index (χ4n) is 1.50. The van der Waals surface area contributed by atoms with Gasteiger partial charge in [0.05, 0.1) is 0 Å². The molecule has 0 saturated carbocycles. The first-order valence-electron chi connectivity index (χ1n) is 4.52. The van der Waals surface area contributed by atoms with E-state index in [-0.39, 0.29) is 0 Å². The van der Waals surface area contributed by atoms with E-state index in [0.29, 0.717) is 16.6 Å². The Bertz CT molecular complexity index is 450. The molecule has 0 radical (unpaired) electrons. The molecule has 1 aromatic carbocycles. The number of rotatable bonds is 1. The molecule has 0 fully saturated rings. The molecule has 1 heterocycles. The lowest BCUT2D eigenvalue weighted by Crippen LogP contribution is -2.18. The van der Waals surface area contributed by atoms with Crippen LogP contribution in [0.15, 0.2) is 36.2 Å².